The van der Waals surface area contributed by atoms with Crippen LogP contribution in [0.4, 0.5) is 0 Å². The smallest absolute Gasteiger partial charge is 0.186 e. The van der Waals surface area contributed by atoms with Gasteiger partial charge in [-0.3, -0.25) is 0 Å². The van der Waals surface area contributed by atoms with Gasteiger partial charge in [0.1, 0.15) is 5.75 Å². The van der Waals surface area contributed by atoms with Gasteiger partial charge in [0.2, 0.25) is 0 Å². The summed E-state index contributed by atoms with van der Waals surface area (Å²) in [4.78, 5) is 0. The molecule has 1 aromatic carbocycles. The summed E-state index contributed by atoms with van der Waals surface area (Å²) in [5, 5.41) is 8.67. The molecular formula is C15H24O2. The maximum atomic E-state index is 8.67. The quantitative estimate of drug-likeness (QED) is 0.575. The van der Waals surface area contributed by atoms with E-state index in [-0.39, 0.29) is 12.2 Å². The molecular weight excluding hydrogens is 212 g/mol. The predicted molar refractivity (Wildman–Crippen MR) is 71.3 cm³/mol. The topological polar surface area (TPSA) is 29.5 Å². The Balaban J connectivity index is 2.63. The Morgan fingerprint density at radius 3 is 2.29 bits per heavy atom. The highest BCUT2D eigenvalue weighted by Gasteiger charge is 2.19. The number of aliphatic hydroxyl groups excluding tert-OH is 1. The van der Waals surface area contributed by atoms with Gasteiger partial charge in [0.25, 0.3) is 0 Å². The van der Waals surface area contributed by atoms with Crippen molar-refractivity contribution in [2.24, 2.45) is 0 Å². The minimum absolute atomic E-state index is 0.215. The van der Waals surface area contributed by atoms with Crippen molar-refractivity contribution in [1.29, 1.82) is 0 Å². The van der Waals surface area contributed by atoms with E-state index in [0.717, 1.165) is 5.75 Å². The third kappa shape index (κ3) is 4.39. The maximum absolute atomic E-state index is 8.67. The minimum atomic E-state index is -0.265. The Morgan fingerprint density at radius 2 is 1.76 bits per heavy atom. The van der Waals surface area contributed by atoms with E-state index >= 15 is 0 Å². The van der Waals surface area contributed by atoms with E-state index < -0.39 is 0 Å². The Morgan fingerprint density at radius 1 is 1.12 bits per heavy atom. The van der Waals surface area contributed by atoms with E-state index in [1.54, 1.807) is 0 Å². The lowest BCUT2D eigenvalue weighted by atomic mass is 9.80. The number of benzene rings is 1. The molecule has 1 rings (SSSR count). The fraction of sp³-hybridized carbons (Fsp3) is 0.600. The first-order valence-electron chi connectivity index (χ1n) is 6.44. The molecule has 96 valence electrons. The number of ether oxygens (including phenoxy) is 1. The van der Waals surface area contributed by atoms with Crippen LogP contribution in [0.15, 0.2) is 24.3 Å². The second-order valence-electron chi connectivity index (χ2n) is 5.14. The van der Waals surface area contributed by atoms with Gasteiger partial charge in [-0.1, -0.05) is 52.2 Å². The van der Waals surface area contributed by atoms with Crippen molar-refractivity contribution in [1.82, 2.24) is 0 Å². The summed E-state index contributed by atoms with van der Waals surface area (Å²) in [7, 11) is 0. The molecule has 0 amide bonds. The molecule has 0 unspecified atom stereocenters. The van der Waals surface area contributed by atoms with Crippen LogP contribution in [0.25, 0.3) is 0 Å². The number of rotatable bonds is 7. The van der Waals surface area contributed by atoms with Gasteiger partial charge in [0.15, 0.2) is 6.79 Å². The molecule has 0 aromatic heterocycles. The Labute approximate surface area is 105 Å². The maximum Gasteiger partial charge on any atom is 0.186 e. The highest BCUT2D eigenvalue weighted by molar-refractivity contribution is 5.31. The number of aliphatic hydroxyl groups is 1. The van der Waals surface area contributed by atoms with Gasteiger partial charge < -0.3 is 9.84 Å². The van der Waals surface area contributed by atoms with Gasteiger partial charge in [0.05, 0.1) is 0 Å². The average Bonchev–Trinajstić information content (AvgIpc) is 2.30. The second kappa shape index (κ2) is 6.65. The van der Waals surface area contributed by atoms with Crippen molar-refractivity contribution in [3.8, 4) is 5.75 Å². The SMILES string of the molecule is CCCCCC(C)(C)c1ccc(OCO)cc1. The lowest BCUT2D eigenvalue weighted by Gasteiger charge is -2.25. The van der Waals surface area contributed by atoms with Crippen molar-refractivity contribution in [2.75, 3.05) is 6.79 Å². The van der Waals surface area contributed by atoms with Crippen LogP contribution in [-0.4, -0.2) is 11.9 Å². The molecule has 0 radical (unpaired) electrons. The van der Waals surface area contributed by atoms with E-state index in [1.165, 1.54) is 31.2 Å². The molecule has 2 nitrogen and oxygen atoms in total. The van der Waals surface area contributed by atoms with Crippen molar-refractivity contribution in [3.63, 3.8) is 0 Å². The fourth-order valence-electron chi connectivity index (χ4n) is 2.04. The first-order valence-corrected chi connectivity index (χ1v) is 6.44. The molecule has 0 heterocycles. The summed E-state index contributed by atoms with van der Waals surface area (Å²) >= 11 is 0. The predicted octanol–water partition coefficient (Wildman–Crippen LogP) is 3.87. The van der Waals surface area contributed by atoms with Crippen LogP contribution < -0.4 is 4.74 Å². The monoisotopic (exact) mass is 236 g/mol. The fourth-order valence-corrected chi connectivity index (χ4v) is 2.04. The number of hydrogen-bond acceptors (Lipinski definition) is 2. The lowest BCUT2D eigenvalue weighted by molar-refractivity contribution is 0.0985. The molecule has 1 aromatic rings. The molecule has 0 aliphatic rings. The Hall–Kier alpha value is -1.02. The third-order valence-corrected chi connectivity index (χ3v) is 3.27. The molecule has 1 N–H and O–H groups in total. The summed E-state index contributed by atoms with van der Waals surface area (Å²) in [6.07, 6.45) is 5.05. The molecule has 0 atom stereocenters. The number of unbranched alkanes of at least 4 members (excludes halogenated alkanes) is 2. The molecule has 0 aliphatic heterocycles. The van der Waals surface area contributed by atoms with Crippen LogP contribution in [0.5, 0.6) is 5.75 Å². The summed E-state index contributed by atoms with van der Waals surface area (Å²) in [6.45, 7) is 6.53. The van der Waals surface area contributed by atoms with Crippen LogP contribution >= 0.6 is 0 Å². The van der Waals surface area contributed by atoms with Gasteiger partial charge in [-0.25, -0.2) is 0 Å². The summed E-state index contributed by atoms with van der Waals surface area (Å²) in [5.74, 6) is 0.723. The molecule has 0 saturated carbocycles. The van der Waals surface area contributed by atoms with Crippen molar-refractivity contribution in [3.05, 3.63) is 29.8 Å². The first kappa shape index (κ1) is 14.0. The zero-order valence-electron chi connectivity index (χ0n) is 11.2. The van der Waals surface area contributed by atoms with Crippen molar-refractivity contribution in [2.45, 2.75) is 51.9 Å². The first-order chi connectivity index (χ1) is 8.10. The van der Waals surface area contributed by atoms with Gasteiger partial charge in [-0.15, -0.1) is 0 Å². The van der Waals surface area contributed by atoms with Gasteiger partial charge >= 0.3 is 0 Å². The lowest BCUT2D eigenvalue weighted by Crippen LogP contribution is -2.16. The molecule has 0 bridgehead atoms. The standard InChI is InChI=1S/C15H24O2/c1-4-5-6-11-15(2,3)13-7-9-14(10-8-13)17-12-16/h7-10,16H,4-6,11-12H2,1-3H3. The van der Waals surface area contributed by atoms with Crippen molar-refractivity contribution >= 4 is 0 Å². The van der Waals surface area contributed by atoms with Crippen LogP contribution in [0.3, 0.4) is 0 Å². The molecule has 0 saturated heterocycles. The van der Waals surface area contributed by atoms with Gasteiger partial charge in [-0.2, -0.15) is 0 Å². The molecule has 2 heteroatoms. The molecule has 0 aliphatic carbocycles. The van der Waals surface area contributed by atoms with Crippen molar-refractivity contribution < 1.29 is 9.84 Å². The zero-order valence-corrected chi connectivity index (χ0v) is 11.2. The highest BCUT2D eigenvalue weighted by Crippen LogP contribution is 2.30. The Bertz CT molecular complexity index is 314. The summed E-state index contributed by atoms with van der Waals surface area (Å²) in [6, 6.07) is 8.04. The van der Waals surface area contributed by atoms with Crippen LogP contribution in [0.2, 0.25) is 0 Å². The van der Waals surface area contributed by atoms with Crippen LogP contribution in [0, 0.1) is 0 Å². The van der Waals surface area contributed by atoms with E-state index in [1.807, 2.05) is 12.1 Å². The summed E-state index contributed by atoms with van der Waals surface area (Å²) < 4.78 is 5.03. The highest BCUT2D eigenvalue weighted by atomic mass is 16.6. The summed E-state index contributed by atoms with van der Waals surface area (Å²) in [5.41, 5.74) is 1.55. The van der Waals surface area contributed by atoms with E-state index in [2.05, 4.69) is 32.9 Å². The van der Waals surface area contributed by atoms with E-state index in [9.17, 15) is 0 Å². The number of hydrogen-bond donors (Lipinski definition) is 1. The van der Waals surface area contributed by atoms with Gasteiger partial charge in [-0.05, 0) is 29.5 Å². The normalized spacial score (nSPS) is 11.5. The molecule has 0 fully saturated rings. The minimum Gasteiger partial charge on any atom is -0.468 e. The largest absolute Gasteiger partial charge is 0.468 e. The average molecular weight is 236 g/mol. The van der Waals surface area contributed by atoms with E-state index in [0.29, 0.717) is 0 Å². The van der Waals surface area contributed by atoms with Gasteiger partial charge in [0, 0.05) is 0 Å². The second-order valence-corrected chi connectivity index (χ2v) is 5.14. The Kier molecular flexibility index (Phi) is 5.49. The third-order valence-electron chi connectivity index (χ3n) is 3.27. The zero-order chi connectivity index (χ0) is 12.7. The molecule has 0 spiro atoms. The van der Waals surface area contributed by atoms with Crippen LogP contribution in [0.1, 0.15) is 52.0 Å². The van der Waals surface area contributed by atoms with Crippen LogP contribution in [-0.2, 0) is 5.41 Å². The van der Waals surface area contributed by atoms with E-state index in [4.69, 9.17) is 9.84 Å². The molecule has 17 heavy (non-hydrogen) atoms.